The second-order valence-electron chi connectivity index (χ2n) is 28.7. The summed E-state index contributed by atoms with van der Waals surface area (Å²) in [5.74, 6) is -0.341. The number of hydrogen-bond donors (Lipinski definition) is 2. The van der Waals surface area contributed by atoms with Gasteiger partial charge in [0.05, 0.1) is 10.8 Å². The van der Waals surface area contributed by atoms with E-state index in [1.807, 2.05) is 30.3 Å². The molecule has 5 nitrogen and oxygen atoms in total. The Morgan fingerprint density at radius 2 is 0.697 bits per heavy atom. The molecule has 0 fully saturated rings. The molecule has 0 saturated carbocycles. The van der Waals surface area contributed by atoms with E-state index in [9.17, 15) is 21.6 Å². The lowest BCUT2D eigenvalue weighted by atomic mass is 8.76. The summed E-state index contributed by atoms with van der Waals surface area (Å²) in [6.45, 7) is 0. The van der Waals surface area contributed by atoms with Crippen LogP contribution in [0.15, 0.2) is 423 Å². The first-order valence-corrected chi connectivity index (χ1v) is 40.8. The summed E-state index contributed by atoms with van der Waals surface area (Å²) in [6, 6.07) is 145. The Balaban J connectivity index is 0.000000133. The molecule has 0 bridgehead atoms. The van der Waals surface area contributed by atoms with Crippen molar-refractivity contribution in [3.8, 4) is 72.5 Å². The number of fused-ring (bicyclic) bond motifs is 9. The van der Waals surface area contributed by atoms with Crippen molar-refractivity contribution < 1.29 is 25.8 Å². The van der Waals surface area contributed by atoms with Crippen molar-refractivity contribution in [2.75, 3.05) is 11.1 Å². The van der Waals surface area contributed by atoms with Crippen molar-refractivity contribution in [1.29, 1.82) is 0 Å². The average molecular weight is 1620 g/mol. The normalized spacial score (nSPS) is 12.2. The van der Waals surface area contributed by atoms with E-state index in [1.54, 1.807) is 42.5 Å². The molecule has 9 radical (unpaired) electrons. The number of nitrogens with two attached hydrogens (primary N) is 1. The third-order valence-corrected chi connectivity index (χ3v) is 23.0. The van der Waals surface area contributed by atoms with E-state index in [0.29, 0.717) is 16.2 Å². The number of rotatable bonds is 14. The third-order valence-electron chi connectivity index (χ3n) is 21.5. The minimum Gasteiger partial charge on any atom is -0.399 e. The van der Waals surface area contributed by atoms with E-state index in [0.717, 1.165) is 26.9 Å². The molecule has 0 aromatic heterocycles. The zero-order valence-corrected chi connectivity index (χ0v) is 66.5. The van der Waals surface area contributed by atoms with Gasteiger partial charge in [-0.25, -0.2) is 0 Å². The van der Waals surface area contributed by atoms with Gasteiger partial charge in [0, 0.05) is 77.7 Å². The predicted molar refractivity (Wildman–Crippen MR) is 502 cm³/mol. The van der Waals surface area contributed by atoms with E-state index in [4.69, 9.17) is 36.7 Å². The van der Waals surface area contributed by atoms with Gasteiger partial charge in [-0.2, -0.15) is 21.6 Å². The van der Waals surface area contributed by atoms with Gasteiger partial charge in [-0.3, -0.25) is 0 Å². The van der Waals surface area contributed by atoms with Gasteiger partial charge in [0.25, 0.3) is 0 Å². The highest BCUT2D eigenvalue weighted by molar-refractivity contribution is 9.10. The smallest absolute Gasteiger partial charge is 0.399 e. The molecule has 0 heterocycles. The zero-order chi connectivity index (χ0) is 81.8. The molecule has 3 N–H and O–H groups in total. The molecule has 0 amide bonds. The number of benzene rings is 17. The number of nitrogens with one attached hydrogen (secondary N) is 1. The lowest BCUT2D eigenvalue weighted by Gasteiger charge is -2.34. The zero-order valence-electron chi connectivity index (χ0n) is 64.1. The van der Waals surface area contributed by atoms with Gasteiger partial charge >= 0.3 is 15.6 Å². The van der Waals surface area contributed by atoms with Gasteiger partial charge in [-0.05, 0) is 182 Å². The minimum absolute atomic E-state index is 0. The van der Waals surface area contributed by atoms with Gasteiger partial charge in [-0.1, -0.05) is 387 Å². The monoisotopic (exact) mass is 1620 g/mol. The maximum Gasteiger partial charge on any atom is 0.534 e. The van der Waals surface area contributed by atoms with Crippen LogP contribution in [0.1, 0.15) is 51.9 Å². The SMILES string of the molecule is Brc1ccc2c(c1)C(c1ccccc1)(c1ccccc1)c1ccccc1-2.C.Nc1ccc(-c2ccc(-c3ccccc3)cc2)cc1.O=S(=O)(Oc1cccc2ccc3ccccc3c12)C(F)(F)F.[B][B]B([B])B([B])[B].c1ccc(-c2ccc(-c3ccc(Nc4ccc5c(c4)C(c4ccccc4)(c4ccccc4)c4ccccc4-5)cc3)cc2)cc1. The number of nitrogen functional groups attached to an aromatic ring is 1. The summed E-state index contributed by atoms with van der Waals surface area (Å²) in [5, 5.41) is 6.02. The Kier molecular flexibility index (Phi) is 25.7. The molecule has 0 aliphatic heterocycles. The van der Waals surface area contributed by atoms with Gasteiger partial charge in [0.15, 0.2) is 5.75 Å². The van der Waals surface area contributed by atoms with Crippen molar-refractivity contribution in [3.05, 3.63) is 468 Å². The van der Waals surface area contributed by atoms with E-state index < -0.39 is 27.4 Å². The Hall–Kier alpha value is -12.7. The fourth-order valence-corrected chi connectivity index (χ4v) is 16.7. The Labute approximate surface area is 710 Å². The first kappa shape index (κ1) is 82.8. The maximum atomic E-state index is 12.5. The fourth-order valence-electron chi connectivity index (χ4n) is 15.9. The van der Waals surface area contributed by atoms with Crippen LogP contribution in [-0.2, 0) is 20.9 Å². The summed E-state index contributed by atoms with van der Waals surface area (Å²) in [5.41, 5.74) is 27.9. The second-order valence-corrected chi connectivity index (χ2v) is 31.1. The summed E-state index contributed by atoms with van der Waals surface area (Å²) in [6.07, 6.45) is -0.926. The van der Waals surface area contributed by atoms with Gasteiger partial charge in [0.1, 0.15) is 0 Å². The molecular formula is C102H76B7BrF3N2O3S. The Bertz CT molecular complexity index is 6340. The average Bonchev–Trinajstić information content (AvgIpc) is 1.55. The van der Waals surface area contributed by atoms with Gasteiger partial charge < -0.3 is 15.2 Å². The van der Waals surface area contributed by atoms with Crippen LogP contribution in [0.2, 0.25) is 0 Å². The summed E-state index contributed by atoms with van der Waals surface area (Å²) >= 11 is 3.71. The van der Waals surface area contributed by atoms with Crippen LogP contribution in [0.25, 0.3) is 88.3 Å². The van der Waals surface area contributed by atoms with Crippen LogP contribution < -0.4 is 15.2 Å². The largest absolute Gasteiger partial charge is 0.534 e. The fraction of sp³-hybridized carbons (Fsp3) is 0.0392. The first-order valence-electron chi connectivity index (χ1n) is 38.6. The van der Waals surface area contributed by atoms with Crippen LogP contribution in [0.5, 0.6) is 5.75 Å². The lowest BCUT2D eigenvalue weighted by molar-refractivity contribution is -0.0499. The van der Waals surface area contributed by atoms with Crippen LogP contribution in [0.4, 0.5) is 30.2 Å². The quantitative estimate of drug-likeness (QED) is 0.0373. The van der Waals surface area contributed by atoms with Gasteiger partial charge in [-0.15, -0.1) is 0 Å². The standard InChI is InChI=1S/C43H31N.C25H17Br.C18H15N.C15H9F3O3S.CH4.B7/c1-4-12-31(13-5-1)32-20-22-33(23-21-32)34-24-26-37(27-25-34)44-38-28-29-40-39-18-10-11-19-41(39)43(42(40)30-38,35-14-6-2-7-15-35)36-16-8-3-9-17-36;26-20-15-16-22-21-13-7-8-14-23(21)25(24(22)17-20,18-9-3-1-4-10-18)19-11-5-2-6-12-19;19-18-12-10-17(11-13-18)16-8-6-15(7-9-16)14-4-2-1-3-5-14;16-15(17,18)22(19,20)21-13-7-3-5-11-9-8-10-4-1-2-6-12(10)14(11)13;;1-5-7(4)6(2)3/h1-30,44H;1-17H;1-13H,19H2;1-9H;1H4;. The van der Waals surface area contributed by atoms with Crippen LogP contribution in [-0.4, -0.2) is 64.7 Å². The van der Waals surface area contributed by atoms with E-state index in [1.165, 1.54) is 130 Å². The van der Waals surface area contributed by atoms with Crippen molar-refractivity contribution >= 4 is 115 Å². The van der Waals surface area contributed by atoms with Crippen molar-refractivity contribution in [3.63, 3.8) is 0 Å². The van der Waals surface area contributed by atoms with E-state index in [2.05, 4.69) is 359 Å². The topological polar surface area (TPSA) is 81.4 Å². The van der Waals surface area contributed by atoms with Crippen molar-refractivity contribution in [2.45, 2.75) is 23.8 Å². The summed E-state index contributed by atoms with van der Waals surface area (Å²) < 4.78 is 65.5. The Morgan fingerprint density at radius 3 is 1.12 bits per heavy atom. The summed E-state index contributed by atoms with van der Waals surface area (Å²) in [4.78, 5) is 0. The molecule has 0 atom stereocenters. The molecule has 2 aliphatic rings. The highest BCUT2D eigenvalue weighted by atomic mass is 79.9. The highest BCUT2D eigenvalue weighted by Crippen LogP contribution is 2.58. The van der Waals surface area contributed by atoms with Crippen LogP contribution >= 0.6 is 15.9 Å². The number of hydrogen-bond acceptors (Lipinski definition) is 5. The molecule has 17 aromatic carbocycles. The molecular weight excluding hydrogens is 1550 g/mol. The van der Waals surface area contributed by atoms with Gasteiger partial charge in [0.2, 0.25) is 0 Å². The third kappa shape index (κ3) is 17.5. The molecule has 0 saturated heterocycles. The van der Waals surface area contributed by atoms with Crippen LogP contribution in [0, 0.1) is 0 Å². The number of anilines is 3. The number of halogens is 4. The Morgan fingerprint density at radius 1 is 0.361 bits per heavy atom. The van der Waals surface area contributed by atoms with Crippen molar-refractivity contribution in [2.24, 2.45) is 0 Å². The molecule has 567 valence electrons. The molecule has 19 rings (SSSR count). The molecule has 0 unspecified atom stereocenters. The molecule has 17 heteroatoms. The second kappa shape index (κ2) is 36.9. The minimum atomic E-state index is -5.71. The maximum absolute atomic E-state index is 12.5. The molecule has 17 aromatic rings. The van der Waals surface area contributed by atoms with Crippen LogP contribution in [0.3, 0.4) is 0 Å². The number of alkyl halides is 3. The first-order chi connectivity index (χ1) is 57.4. The van der Waals surface area contributed by atoms with E-state index >= 15 is 0 Å². The molecule has 2 aliphatic carbocycles. The predicted octanol–water partition coefficient (Wildman–Crippen LogP) is 24.7. The summed E-state index contributed by atoms with van der Waals surface area (Å²) in [7, 11) is 15.9. The highest BCUT2D eigenvalue weighted by Gasteiger charge is 2.50. The molecule has 119 heavy (non-hydrogen) atoms. The molecule has 0 spiro atoms. The lowest BCUT2D eigenvalue weighted by Crippen LogP contribution is -2.43. The van der Waals surface area contributed by atoms with E-state index in [-0.39, 0.29) is 25.0 Å². The van der Waals surface area contributed by atoms with Crippen molar-refractivity contribution in [1.82, 2.24) is 0 Å².